The van der Waals surface area contributed by atoms with Crippen LogP contribution in [0.1, 0.15) is 91.6 Å². The second-order valence-electron chi connectivity index (χ2n) is 9.66. The highest BCUT2D eigenvalue weighted by Crippen LogP contribution is 2.47. The molecule has 2 unspecified atom stereocenters. The summed E-state index contributed by atoms with van der Waals surface area (Å²) in [7, 11) is 0. The minimum absolute atomic E-state index is 0.0406. The van der Waals surface area contributed by atoms with Gasteiger partial charge in [0.15, 0.2) is 0 Å². The van der Waals surface area contributed by atoms with Crippen LogP contribution in [0.3, 0.4) is 0 Å². The first-order valence-electron chi connectivity index (χ1n) is 13.1. The Balaban J connectivity index is 1.57. The fourth-order valence-electron chi connectivity index (χ4n) is 5.77. The van der Waals surface area contributed by atoms with Gasteiger partial charge >= 0.3 is 0 Å². The third-order valence-corrected chi connectivity index (χ3v) is 8.18. The number of carbonyl (C=O) groups excluding carboxylic acids is 2. The number of thiophene rings is 1. The molecule has 5 nitrogen and oxygen atoms in total. The van der Waals surface area contributed by atoms with E-state index in [2.05, 4.69) is 40.4 Å². The zero-order valence-electron chi connectivity index (χ0n) is 20.7. The van der Waals surface area contributed by atoms with Crippen molar-refractivity contribution in [3.8, 4) is 0 Å². The molecule has 1 fully saturated rings. The Morgan fingerprint density at radius 2 is 1.79 bits per heavy atom. The summed E-state index contributed by atoms with van der Waals surface area (Å²) in [5, 5.41) is 5.31. The molecule has 0 saturated heterocycles. The molecular weight excluding hydrogens is 442 g/mol. The van der Waals surface area contributed by atoms with Crippen molar-refractivity contribution in [2.75, 3.05) is 26.2 Å². The highest BCUT2D eigenvalue weighted by atomic mass is 32.1. The summed E-state index contributed by atoms with van der Waals surface area (Å²) >= 11 is 1.65. The molecule has 1 aromatic heterocycles. The van der Waals surface area contributed by atoms with E-state index in [0.717, 1.165) is 75.0 Å². The number of fused-ring (bicyclic) bond motifs is 1. The van der Waals surface area contributed by atoms with Crippen LogP contribution in [0.4, 0.5) is 0 Å². The molecule has 1 saturated carbocycles. The maximum Gasteiger partial charge on any atom is 0.254 e. The van der Waals surface area contributed by atoms with Crippen LogP contribution >= 0.6 is 11.3 Å². The van der Waals surface area contributed by atoms with E-state index in [0.29, 0.717) is 12.1 Å². The monoisotopic (exact) mass is 481 g/mol. The molecule has 2 atom stereocenters. The Kier molecular flexibility index (Phi) is 8.79. The highest BCUT2D eigenvalue weighted by molar-refractivity contribution is 7.10. The van der Waals surface area contributed by atoms with Gasteiger partial charge in [0.2, 0.25) is 5.91 Å². The number of hydrogen-bond acceptors (Lipinski definition) is 4. The molecule has 6 heteroatoms. The predicted molar refractivity (Wildman–Crippen MR) is 139 cm³/mol. The molecule has 2 amide bonds. The highest BCUT2D eigenvalue weighted by Gasteiger charge is 2.47. The van der Waals surface area contributed by atoms with Crippen LogP contribution in [0.2, 0.25) is 0 Å². The summed E-state index contributed by atoms with van der Waals surface area (Å²) in [6.45, 7) is 8.31. The molecule has 2 aliphatic rings. The maximum atomic E-state index is 13.8. The van der Waals surface area contributed by atoms with Gasteiger partial charge in [-0.25, -0.2) is 0 Å². The third kappa shape index (κ3) is 5.38. The molecule has 0 radical (unpaired) electrons. The number of benzene rings is 1. The van der Waals surface area contributed by atoms with Gasteiger partial charge in [0, 0.05) is 23.0 Å². The first-order valence-corrected chi connectivity index (χ1v) is 14.0. The van der Waals surface area contributed by atoms with Gasteiger partial charge < -0.3 is 15.1 Å². The van der Waals surface area contributed by atoms with E-state index in [-0.39, 0.29) is 29.8 Å². The van der Waals surface area contributed by atoms with Crippen molar-refractivity contribution in [1.29, 1.82) is 0 Å². The van der Waals surface area contributed by atoms with Crippen molar-refractivity contribution in [1.82, 2.24) is 15.1 Å². The standard InChI is InChI=1S/C28H39N3O2S/c1-3-17-30(18-4-2)19-10-16-29-27(32)25-22-13-7-8-14-23(22)28(33)31(21-11-5-6-12-21)26(25)24-15-9-20-34-24/h7-9,13-15,20-21,25-26H,3-6,10-12,16-19H2,1-2H3,(H,29,32). The van der Waals surface area contributed by atoms with Gasteiger partial charge in [0.1, 0.15) is 0 Å². The van der Waals surface area contributed by atoms with Gasteiger partial charge in [-0.2, -0.15) is 0 Å². The van der Waals surface area contributed by atoms with Gasteiger partial charge in [-0.05, 0) is 74.8 Å². The zero-order valence-corrected chi connectivity index (χ0v) is 21.5. The number of nitrogens with one attached hydrogen (secondary N) is 1. The molecular formula is C28H39N3O2S. The Morgan fingerprint density at radius 3 is 2.47 bits per heavy atom. The van der Waals surface area contributed by atoms with E-state index in [1.165, 1.54) is 0 Å². The lowest BCUT2D eigenvalue weighted by Crippen LogP contribution is -2.50. The van der Waals surface area contributed by atoms with Crippen molar-refractivity contribution in [2.45, 2.75) is 76.8 Å². The quantitative estimate of drug-likeness (QED) is 0.425. The average Bonchev–Trinajstić information content (AvgIpc) is 3.56. The van der Waals surface area contributed by atoms with Crippen LogP contribution in [0.15, 0.2) is 41.8 Å². The summed E-state index contributed by atoms with van der Waals surface area (Å²) < 4.78 is 0. The molecule has 1 aliphatic heterocycles. The molecule has 34 heavy (non-hydrogen) atoms. The van der Waals surface area contributed by atoms with E-state index in [1.54, 1.807) is 11.3 Å². The second-order valence-corrected chi connectivity index (χ2v) is 10.6. The van der Waals surface area contributed by atoms with E-state index < -0.39 is 0 Å². The van der Waals surface area contributed by atoms with Crippen molar-refractivity contribution in [3.05, 3.63) is 57.8 Å². The smallest absolute Gasteiger partial charge is 0.254 e. The number of hydrogen-bond donors (Lipinski definition) is 1. The van der Waals surface area contributed by atoms with Gasteiger partial charge in [0.25, 0.3) is 5.91 Å². The summed E-state index contributed by atoms with van der Waals surface area (Å²) in [6.07, 6.45) is 7.59. The summed E-state index contributed by atoms with van der Waals surface area (Å²) in [6, 6.07) is 11.8. The van der Waals surface area contributed by atoms with E-state index in [4.69, 9.17) is 0 Å². The van der Waals surface area contributed by atoms with E-state index in [9.17, 15) is 9.59 Å². The lowest BCUT2D eigenvalue weighted by atomic mass is 9.80. The van der Waals surface area contributed by atoms with Gasteiger partial charge in [-0.1, -0.05) is 51.0 Å². The molecule has 1 N–H and O–H groups in total. The predicted octanol–water partition coefficient (Wildman–Crippen LogP) is 5.60. The molecule has 1 aliphatic carbocycles. The van der Waals surface area contributed by atoms with E-state index >= 15 is 0 Å². The zero-order chi connectivity index (χ0) is 23.9. The van der Waals surface area contributed by atoms with Crippen LogP contribution in [0, 0.1) is 0 Å². The Hall–Kier alpha value is -2.18. The molecule has 2 aromatic rings. The molecule has 184 valence electrons. The number of carbonyl (C=O) groups is 2. The molecule has 0 spiro atoms. The lowest BCUT2D eigenvalue weighted by molar-refractivity contribution is -0.124. The molecule has 2 heterocycles. The van der Waals surface area contributed by atoms with Crippen molar-refractivity contribution in [3.63, 3.8) is 0 Å². The molecule has 4 rings (SSSR count). The third-order valence-electron chi connectivity index (χ3n) is 7.24. The number of rotatable bonds is 11. The fraction of sp³-hybridized carbons (Fsp3) is 0.571. The van der Waals surface area contributed by atoms with Crippen LogP contribution in [0.5, 0.6) is 0 Å². The topological polar surface area (TPSA) is 52.7 Å². The molecule has 0 bridgehead atoms. The van der Waals surface area contributed by atoms with Crippen LogP contribution in [-0.4, -0.2) is 53.8 Å². The largest absolute Gasteiger partial charge is 0.355 e. The Morgan fingerprint density at radius 1 is 1.06 bits per heavy atom. The maximum absolute atomic E-state index is 13.8. The minimum Gasteiger partial charge on any atom is -0.355 e. The van der Waals surface area contributed by atoms with E-state index in [1.807, 2.05) is 30.3 Å². The summed E-state index contributed by atoms with van der Waals surface area (Å²) in [5.74, 6) is -0.255. The lowest BCUT2D eigenvalue weighted by Gasteiger charge is -2.44. The first-order chi connectivity index (χ1) is 16.7. The Bertz CT molecular complexity index is 933. The van der Waals surface area contributed by atoms with Crippen molar-refractivity contribution >= 4 is 23.2 Å². The number of nitrogens with zero attached hydrogens (tertiary/aromatic N) is 2. The minimum atomic E-state index is -0.379. The number of amides is 2. The van der Waals surface area contributed by atoms with Gasteiger partial charge in [-0.3, -0.25) is 9.59 Å². The molecule has 1 aromatic carbocycles. The Labute approximate surface area is 208 Å². The normalized spacial score (nSPS) is 20.7. The van der Waals surface area contributed by atoms with Crippen LogP contribution in [-0.2, 0) is 4.79 Å². The summed E-state index contributed by atoms with van der Waals surface area (Å²) in [5.41, 5.74) is 1.57. The van der Waals surface area contributed by atoms with Gasteiger partial charge in [-0.15, -0.1) is 11.3 Å². The first kappa shape index (κ1) is 24.9. The fourth-order valence-corrected chi connectivity index (χ4v) is 6.63. The van der Waals surface area contributed by atoms with Crippen LogP contribution in [0.25, 0.3) is 0 Å². The van der Waals surface area contributed by atoms with Gasteiger partial charge in [0.05, 0.1) is 12.0 Å². The summed E-state index contributed by atoms with van der Waals surface area (Å²) in [4.78, 5) is 33.2. The van der Waals surface area contributed by atoms with Crippen molar-refractivity contribution < 1.29 is 9.59 Å². The SMILES string of the molecule is CCCN(CCC)CCCNC(=O)C1c2ccccc2C(=O)N(C2CCCC2)C1c1cccs1. The average molecular weight is 482 g/mol. The van der Waals surface area contributed by atoms with Crippen LogP contribution < -0.4 is 5.32 Å². The second kappa shape index (κ2) is 12.0. The van der Waals surface area contributed by atoms with Crippen molar-refractivity contribution in [2.24, 2.45) is 0 Å².